The molecule has 2 aromatic heterocycles. The third kappa shape index (κ3) is 5.19. The van der Waals surface area contributed by atoms with Gasteiger partial charge in [-0.1, -0.05) is 23.2 Å². The van der Waals surface area contributed by atoms with E-state index in [0.717, 1.165) is 0 Å². The Morgan fingerprint density at radius 3 is 2.47 bits per heavy atom. The molecule has 0 aliphatic carbocycles. The molecule has 2 heterocycles. The number of fused-ring (bicyclic) bond motifs is 1. The van der Waals surface area contributed by atoms with Crippen molar-refractivity contribution in [2.75, 3.05) is 16.6 Å². The number of nitrogens with one attached hydrogen (secondary N) is 2. The predicted octanol–water partition coefficient (Wildman–Crippen LogP) is 5.05. The largest absolute Gasteiger partial charge is 0.462 e. The maximum Gasteiger partial charge on any atom is 0.341 e. The van der Waals surface area contributed by atoms with Gasteiger partial charge in [-0.3, -0.25) is 9.71 Å². The van der Waals surface area contributed by atoms with E-state index in [1.165, 1.54) is 30.5 Å². The molecule has 2 aromatic carbocycles. The number of halogens is 2. The first-order valence-corrected chi connectivity index (χ1v) is 12.2. The molecule has 0 saturated heterocycles. The quantitative estimate of drug-likeness (QED) is 0.326. The van der Waals surface area contributed by atoms with Crippen LogP contribution in [0.5, 0.6) is 0 Å². The Labute approximate surface area is 205 Å². The SMILES string of the molecule is CCOC(=O)c1cnc2ccc(Cl)cc2c1Nc1ccc(S(=O)(=O)Nc2ccc(Cl)nn2)cc1. The number of esters is 1. The molecular formula is C22H17Cl2N5O4S. The van der Waals surface area contributed by atoms with E-state index in [0.29, 0.717) is 27.3 Å². The Balaban J connectivity index is 1.66. The van der Waals surface area contributed by atoms with Crippen LogP contribution in [0.3, 0.4) is 0 Å². The number of sulfonamides is 1. The van der Waals surface area contributed by atoms with Crippen molar-refractivity contribution in [3.05, 3.63) is 76.5 Å². The molecule has 174 valence electrons. The van der Waals surface area contributed by atoms with E-state index < -0.39 is 16.0 Å². The van der Waals surface area contributed by atoms with Gasteiger partial charge in [0.05, 0.1) is 22.7 Å². The smallest absolute Gasteiger partial charge is 0.341 e. The van der Waals surface area contributed by atoms with Crippen molar-refractivity contribution in [3.8, 4) is 0 Å². The molecule has 34 heavy (non-hydrogen) atoms. The minimum Gasteiger partial charge on any atom is -0.462 e. The predicted molar refractivity (Wildman–Crippen MR) is 130 cm³/mol. The summed E-state index contributed by atoms with van der Waals surface area (Å²) in [5.74, 6) is -0.516. The highest BCUT2D eigenvalue weighted by atomic mass is 35.5. The lowest BCUT2D eigenvalue weighted by atomic mass is 10.1. The van der Waals surface area contributed by atoms with Crippen molar-refractivity contribution in [1.29, 1.82) is 0 Å². The molecule has 4 rings (SSSR count). The fourth-order valence-corrected chi connectivity index (χ4v) is 4.36. The van der Waals surface area contributed by atoms with Gasteiger partial charge in [-0.2, -0.15) is 0 Å². The summed E-state index contributed by atoms with van der Waals surface area (Å²) in [5.41, 5.74) is 1.81. The van der Waals surface area contributed by atoms with E-state index in [-0.39, 0.29) is 28.0 Å². The third-order valence-corrected chi connectivity index (χ3v) is 6.44. The van der Waals surface area contributed by atoms with E-state index in [2.05, 4.69) is 25.2 Å². The number of carbonyl (C=O) groups excluding carboxylic acids is 1. The van der Waals surface area contributed by atoms with Crippen LogP contribution in [0.4, 0.5) is 17.2 Å². The zero-order valence-corrected chi connectivity index (χ0v) is 19.9. The standard InChI is InChI=1S/C22H17Cl2N5O4S/c1-2-33-22(30)17-12-25-18-8-3-13(23)11-16(18)21(17)26-14-4-6-15(7-5-14)34(31,32)29-20-10-9-19(24)27-28-20/h3-12H,2H2,1H3,(H,25,26)(H,28,29). The number of ether oxygens (including phenoxy) is 1. The van der Waals surface area contributed by atoms with Crippen LogP contribution in [0.25, 0.3) is 10.9 Å². The topological polar surface area (TPSA) is 123 Å². The van der Waals surface area contributed by atoms with Crippen molar-refractivity contribution in [1.82, 2.24) is 15.2 Å². The first-order chi connectivity index (χ1) is 16.3. The van der Waals surface area contributed by atoms with Crippen LogP contribution in [0.1, 0.15) is 17.3 Å². The van der Waals surface area contributed by atoms with Crippen LogP contribution in [0, 0.1) is 0 Å². The highest BCUT2D eigenvalue weighted by molar-refractivity contribution is 7.92. The van der Waals surface area contributed by atoms with Gasteiger partial charge in [0, 0.05) is 22.3 Å². The number of benzene rings is 2. The minimum absolute atomic E-state index is 0.00282. The summed E-state index contributed by atoms with van der Waals surface area (Å²) >= 11 is 11.8. The van der Waals surface area contributed by atoms with Crippen LogP contribution in [-0.4, -0.2) is 36.2 Å². The molecule has 2 N–H and O–H groups in total. The molecule has 0 saturated carbocycles. The van der Waals surface area contributed by atoms with Gasteiger partial charge in [0.15, 0.2) is 11.0 Å². The summed E-state index contributed by atoms with van der Waals surface area (Å²) < 4.78 is 32.8. The molecule has 9 nitrogen and oxygen atoms in total. The summed E-state index contributed by atoms with van der Waals surface area (Å²) in [4.78, 5) is 16.8. The number of aromatic nitrogens is 3. The van der Waals surface area contributed by atoms with Gasteiger partial charge >= 0.3 is 5.97 Å². The molecule has 0 bridgehead atoms. The Kier molecular flexibility index (Phi) is 6.82. The Morgan fingerprint density at radius 1 is 1.03 bits per heavy atom. The minimum atomic E-state index is -3.91. The van der Waals surface area contributed by atoms with Crippen LogP contribution in [-0.2, 0) is 14.8 Å². The average molecular weight is 518 g/mol. The van der Waals surface area contributed by atoms with Crippen molar-refractivity contribution in [2.45, 2.75) is 11.8 Å². The van der Waals surface area contributed by atoms with Gasteiger partial charge in [-0.25, -0.2) is 13.2 Å². The number of rotatable bonds is 7. The second-order valence-electron chi connectivity index (χ2n) is 6.92. The molecule has 0 unspecified atom stereocenters. The highest BCUT2D eigenvalue weighted by Gasteiger charge is 2.19. The fraction of sp³-hybridized carbons (Fsp3) is 0.0909. The molecule has 0 aliphatic heterocycles. The Bertz CT molecular complexity index is 1460. The second kappa shape index (κ2) is 9.80. The third-order valence-electron chi connectivity index (χ3n) is 4.63. The highest BCUT2D eigenvalue weighted by Crippen LogP contribution is 2.32. The van der Waals surface area contributed by atoms with Gasteiger partial charge in [-0.15, -0.1) is 10.2 Å². The van der Waals surface area contributed by atoms with Gasteiger partial charge in [0.2, 0.25) is 0 Å². The summed E-state index contributed by atoms with van der Waals surface area (Å²) in [5, 5.41) is 11.7. The van der Waals surface area contributed by atoms with Crippen LogP contribution in [0.2, 0.25) is 10.2 Å². The molecule has 12 heteroatoms. The van der Waals surface area contributed by atoms with Crippen molar-refractivity contribution in [3.63, 3.8) is 0 Å². The molecule has 0 radical (unpaired) electrons. The Hall–Kier alpha value is -3.47. The lowest BCUT2D eigenvalue weighted by Crippen LogP contribution is -2.14. The van der Waals surface area contributed by atoms with E-state index in [1.807, 2.05) is 0 Å². The second-order valence-corrected chi connectivity index (χ2v) is 9.43. The van der Waals surface area contributed by atoms with Crippen LogP contribution in [0.15, 0.2) is 65.7 Å². The monoisotopic (exact) mass is 517 g/mol. The number of hydrogen-bond donors (Lipinski definition) is 2. The van der Waals surface area contributed by atoms with Gasteiger partial charge in [0.25, 0.3) is 10.0 Å². The normalized spacial score (nSPS) is 11.3. The van der Waals surface area contributed by atoms with E-state index >= 15 is 0 Å². The lowest BCUT2D eigenvalue weighted by Gasteiger charge is -2.15. The first kappa shape index (κ1) is 23.7. The lowest BCUT2D eigenvalue weighted by molar-refractivity contribution is 0.0527. The maximum atomic E-state index is 12.7. The summed E-state index contributed by atoms with van der Waals surface area (Å²) in [6.07, 6.45) is 1.42. The first-order valence-electron chi connectivity index (χ1n) is 9.91. The molecule has 0 aliphatic rings. The van der Waals surface area contributed by atoms with Gasteiger partial charge < -0.3 is 10.1 Å². The number of anilines is 3. The zero-order chi connectivity index (χ0) is 24.3. The average Bonchev–Trinajstić information content (AvgIpc) is 2.81. The molecule has 0 amide bonds. The molecule has 4 aromatic rings. The van der Waals surface area contributed by atoms with E-state index in [9.17, 15) is 13.2 Å². The number of pyridine rings is 1. The number of carbonyl (C=O) groups is 1. The van der Waals surface area contributed by atoms with Crippen molar-refractivity contribution in [2.24, 2.45) is 0 Å². The van der Waals surface area contributed by atoms with E-state index in [4.69, 9.17) is 27.9 Å². The zero-order valence-electron chi connectivity index (χ0n) is 17.6. The van der Waals surface area contributed by atoms with Crippen LogP contribution >= 0.6 is 23.2 Å². The molecule has 0 spiro atoms. The summed E-state index contributed by atoms with van der Waals surface area (Å²) in [6.45, 7) is 1.91. The van der Waals surface area contributed by atoms with Gasteiger partial charge in [0.1, 0.15) is 5.56 Å². The van der Waals surface area contributed by atoms with Crippen molar-refractivity contribution >= 4 is 67.3 Å². The van der Waals surface area contributed by atoms with Gasteiger partial charge in [-0.05, 0) is 61.5 Å². The number of nitrogens with zero attached hydrogens (tertiary/aromatic N) is 3. The number of hydrogen-bond acceptors (Lipinski definition) is 8. The van der Waals surface area contributed by atoms with E-state index in [1.54, 1.807) is 37.3 Å². The van der Waals surface area contributed by atoms with Crippen LogP contribution < -0.4 is 10.0 Å². The Morgan fingerprint density at radius 2 is 1.79 bits per heavy atom. The summed E-state index contributed by atoms with van der Waals surface area (Å²) in [7, 11) is -3.91. The maximum absolute atomic E-state index is 12.7. The van der Waals surface area contributed by atoms with Crippen molar-refractivity contribution < 1.29 is 17.9 Å². The summed E-state index contributed by atoms with van der Waals surface area (Å²) in [6, 6.07) is 13.9. The fourth-order valence-electron chi connectivity index (χ4n) is 3.09. The molecular weight excluding hydrogens is 501 g/mol. The molecule has 0 atom stereocenters. The molecule has 0 fully saturated rings.